The maximum absolute atomic E-state index is 10.5. The number of hydrogen-bond acceptors (Lipinski definition) is 6. The SMILES string of the molecule is C=C(C)[C@H](C=C[C@@H](C)[C@H]1CC[C@H]2[C@@H]3CC=C4C[C@@H](O[C@@H]5O[C@H](CO)[C@@H](O)[C@H](O)[C@H]5O)CC[C@]4(C)[C@H]3CC[C@]12C)CC. The van der Waals surface area contributed by atoms with Crippen LogP contribution in [0.3, 0.4) is 0 Å². The number of allylic oxidation sites excluding steroid dienone is 4. The van der Waals surface area contributed by atoms with Crippen LogP contribution in [0.5, 0.6) is 0 Å². The van der Waals surface area contributed by atoms with E-state index in [1.807, 2.05) is 0 Å². The van der Waals surface area contributed by atoms with E-state index in [0.29, 0.717) is 23.2 Å². The first-order valence-electron chi connectivity index (χ1n) is 16.4. The molecule has 4 aliphatic carbocycles. The van der Waals surface area contributed by atoms with Gasteiger partial charge in [-0.1, -0.05) is 63.6 Å². The second-order valence-corrected chi connectivity index (χ2v) is 14.8. The Morgan fingerprint density at radius 3 is 2.51 bits per heavy atom. The molecule has 6 heteroatoms. The van der Waals surface area contributed by atoms with Crippen LogP contribution in [-0.4, -0.2) is 63.8 Å². The third kappa shape index (κ3) is 5.55. The molecular formula is C35H56O6. The van der Waals surface area contributed by atoms with E-state index >= 15 is 0 Å². The predicted octanol–water partition coefficient (Wildman–Crippen LogP) is 5.55. The Morgan fingerprint density at radius 1 is 1.07 bits per heavy atom. The summed E-state index contributed by atoms with van der Waals surface area (Å²) in [5, 5.41) is 40.4. The summed E-state index contributed by atoms with van der Waals surface area (Å²) in [5.41, 5.74) is 3.33. The maximum atomic E-state index is 10.5. The fraction of sp³-hybridized carbons (Fsp3) is 0.829. The Labute approximate surface area is 247 Å². The number of rotatable bonds is 8. The molecule has 0 spiro atoms. The zero-order valence-corrected chi connectivity index (χ0v) is 26.0. The molecule has 6 nitrogen and oxygen atoms in total. The minimum Gasteiger partial charge on any atom is -0.394 e. The molecular weight excluding hydrogens is 516 g/mol. The fourth-order valence-corrected chi connectivity index (χ4v) is 10.1. The predicted molar refractivity (Wildman–Crippen MR) is 161 cm³/mol. The fourth-order valence-electron chi connectivity index (χ4n) is 10.1. The number of aliphatic hydroxyl groups is 4. The molecule has 3 saturated carbocycles. The van der Waals surface area contributed by atoms with E-state index in [1.165, 1.54) is 36.8 Å². The quantitative estimate of drug-likeness (QED) is 0.285. The largest absolute Gasteiger partial charge is 0.394 e. The van der Waals surface area contributed by atoms with Gasteiger partial charge in [-0.25, -0.2) is 0 Å². The van der Waals surface area contributed by atoms with Gasteiger partial charge in [-0.15, -0.1) is 0 Å². The highest BCUT2D eigenvalue weighted by atomic mass is 16.7. The first-order chi connectivity index (χ1) is 19.4. The lowest BCUT2D eigenvalue weighted by Crippen LogP contribution is -2.60. The van der Waals surface area contributed by atoms with E-state index in [9.17, 15) is 20.4 Å². The molecule has 1 heterocycles. The second-order valence-electron chi connectivity index (χ2n) is 14.8. The van der Waals surface area contributed by atoms with E-state index in [-0.39, 0.29) is 11.5 Å². The molecule has 4 N–H and O–H groups in total. The van der Waals surface area contributed by atoms with Gasteiger partial charge < -0.3 is 29.9 Å². The molecule has 41 heavy (non-hydrogen) atoms. The van der Waals surface area contributed by atoms with Crippen molar-refractivity contribution in [3.63, 3.8) is 0 Å². The lowest BCUT2D eigenvalue weighted by Gasteiger charge is -2.58. The van der Waals surface area contributed by atoms with Crippen molar-refractivity contribution in [3.8, 4) is 0 Å². The van der Waals surface area contributed by atoms with Crippen LogP contribution in [0, 0.1) is 46.3 Å². The summed E-state index contributed by atoms with van der Waals surface area (Å²) >= 11 is 0. The van der Waals surface area contributed by atoms with Crippen LogP contribution >= 0.6 is 0 Å². The Morgan fingerprint density at radius 2 is 1.83 bits per heavy atom. The third-order valence-electron chi connectivity index (χ3n) is 12.7. The summed E-state index contributed by atoms with van der Waals surface area (Å²) < 4.78 is 11.9. The van der Waals surface area contributed by atoms with E-state index in [4.69, 9.17) is 9.47 Å². The molecule has 14 atom stereocenters. The summed E-state index contributed by atoms with van der Waals surface area (Å²) in [5.74, 6) is 4.04. The maximum Gasteiger partial charge on any atom is 0.186 e. The zero-order valence-electron chi connectivity index (χ0n) is 26.0. The van der Waals surface area contributed by atoms with Crippen molar-refractivity contribution in [2.75, 3.05) is 6.61 Å². The van der Waals surface area contributed by atoms with Gasteiger partial charge in [-0.3, -0.25) is 0 Å². The topological polar surface area (TPSA) is 99.4 Å². The molecule has 5 aliphatic rings. The van der Waals surface area contributed by atoms with Crippen LogP contribution in [0.1, 0.15) is 92.4 Å². The van der Waals surface area contributed by atoms with Gasteiger partial charge in [0.1, 0.15) is 24.4 Å². The smallest absolute Gasteiger partial charge is 0.186 e. The molecule has 1 saturated heterocycles. The average Bonchev–Trinajstić information content (AvgIpc) is 3.30. The van der Waals surface area contributed by atoms with Gasteiger partial charge >= 0.3 is 0 Å². The minimum absolute atomic E-state index is 0.115. The van der Waals surface area contributed by atoms with Crippen LogP contribution in [0.25, 0.3) is 0 Å². The first kappa shape index (κ1) is 31.4. The van der Waals surface area contributed by atoms with Crippen molar-refractivity contribution < 1.29 is 29.9 Å². The van der Waals surface area contributed by atoms with Gasteiger partial charge in [-0.05, 0) is 111 Å². The van der Waals surface area contributed by atoms with Gasteiger partial charge in [0, 0.05) is 0 Å². The average molecular weight is 573 g/mol. The summed E-state index contributed by atoms with van der Waals surface area (Å²) in [6, 6.07) is 0. The molecule has 5 rings (SSSR count). The van der Waals surface area contributed by atoms with Gasteiger partial charge in [0.25, 0.3) is 0 Å². The van der Waals surface area contributed by atoms with Gasteiger partial charge in [0.15, 0.2) is 6.29 Å². The van der Waals surface area contributed by atoms with Crippen LogP contribution in [0.15, 0.2) is 36.0 Å². The van der Waals surface area contributed by atoms with Crippen molar-refractivity contribution in [3.05, 3.63) is 36.0 Å². The van der Waals surface area contributed by atoms with E-state index < -0.39 is 37.3 Å². The van der Waals surface area contributed by atoms with Crippen molar-refractivity contribution in [1.29, 1.82) is 0 Å². The molecule has 232 valence electrons. The Bertz CT molecular complexity index is 1000. The lowest BCUT2D eigenvalue weighted by atomic mass is 9.47. The molecule has 1 aliphatic heterocycles. The van der Waals surface area contributed by atoms with Gasteiger partial charge in [0.05, 0.1) is 12.7 Å². The molecule has 0 bridgehead atoms. The second kappa shape index (κ2) is 12.2. The van der Waals surface area contributed by atoms with Crippen LogP contribution < -0.4 is 0 Å². The summed E-state index contributed by atoms with van der Waals surface area (Å²) in [7, 11) is 0. The van der Waals surface area contributed by atoms with E-state index in [0.717, 1.165) is 49.9 Å². The van der Waals surface area contributed by atoms with Crippen molar-refractivity contribution in [2.45, 2.75) is 129 Å². The number of aliphatic hydroxyl groups excluding tert-OH is 4. The van der Waals surface area contributed by atoms with Crippen molar-refractivity contribution >= 4 is 0 Å². The molecule has 0 aromatic carbocycles. The Kier molecular flexibility index (Phi) is 9.32. The normalized spacial score (nSPS) is 47.7. The minimum atomic E-state index is -1.40. The number of fused-ring (bicyclic) bond motifs is 5. The zero-order chi connectivity index (χ0) is 29.7. The summed E-state index contributed by atoms with van der Waals surface area (Å²) in [6.07, 6.45) is 11.5. The Balaban J connectivity index is 1.26. The summed E-state index contributed by atoms with van der Waals surface area (Å²) in [4.78, 5) is 0. The number of ether oxygens (including phenoxy) is 2. The van der Waals surface area contributed by atoms with Crippen molar-refractivity contribution in [1.82, 2.24) is 0 Å². The lowest BCUT2D eigenvalue weighted by molar-refractivity contribution is -0.313. The Hall–Kier alpha value is -1.02. The van der Waals surface area contributed by atoms with E-state index in [1.54, 1.807) is 0 Å². The molecule has 0 aromatic heterocycles. The number of hydrogen-bond donors (Lipinski definition) is 4. The molecule has 0 amide bonds. The summed E-state index contributed by atoms with van der Waals surface area (Å²) in [6.45, 7) is 15.7. The highest BCUT2D eigenvalue weighted by Gasteiger charge is 2.59. The molecule has 0 radical (unpaired) electrons. The van der Waals surface area contributed by atoms with Crippen molar-refractivity contribution in [2.24, 2.45) is 46.3 Å². The highest BCUT2D eigenvalue weighted by Crippen LogP contribution is 2.67. The highest BCUT2D eigenvalue weighted by molar-refractivity contribution is 5.26. The van der Waals surface area contributed by atoms with Crippen LogP contribution in [-0.2, 0) is 9.47 Å². The van der Waals surface area contributed by atoms with Crippen LogP contribution in [0.2, 0.25) is 0 Å². The van der Waals surface area contributed by atoms with Crippen LogP contribution in [0.4, 0.5) is 0 Å². The molecule has 0 aromatic rings. The molecule has 4 fully saturated rings. The molecule has 0 unspecified atom stereocenters. The standard InChI is InChI=1S/C35H56O6/c1-7-22(20(2)3)9-8-21(4)26-12-13-27-25-11-10-23-18-24(14-16-34(23,5)28(25)15-17-35(26,27)6)40-33-32(39)31(38)30(37)29(19-36)41-33/h8-10,21-22,24-33,36-39H,2,7,11-19H2,1,3-6H3/t21-,22+,24+,25+,26-,27+,28+,29-,30-,31+,32-,33-,34+,35-/m1/s1. The van der Waals surface area contributed by atoms with Gasteiger partial charge in [0.2, 0.25) is 0 Å². The van der Waals surface area contributed by atoms with Gasteiger partial charge in [-0.2, -0.15) is 0 Å². The monoisotopic (exact) mass is 572 g/mol. The first-order valence-corrected chi connectivity index (χ1v) is 16.4. The third-order valence-corrected chi connectivity index (χ3v) is 12.7. The van der Waals surface area contributed by atoms with E-state index in [2.05, 4.69) is 59.4 Å².